The van der Waals surface area contributed by atoms with Crippen molar-refractivity contribution in [3.63, 3.8) is 0 Å². The maximum Gasteiger partial charge on any atom is 0.343 e. The van der Waals surface area contributed by atoms with Crippen molar-refractivity contribution >= 4 is 23.5 Å². The highest BCUT2D eigenvalue weighted by Crippen LogP contribution is 2.09. The van der Waals surface area contributed by atoms with Gasteiger partial charge in [0.05, 0.1) is 6.61 Å². The van der Waals surface area contributed by atoms with Crippen LogP contribution in [0.4, 0.5) is 0 Å². The molecule has 0 spiro atoms. The van der Waals surface area contributed by atoms with E-state index in [1.54, 1.807) is 26.0 Å². The van der Waals surface area contributed by atoms with Crippen molar-refractivity contribution in [1.29, 1.82) is 0 Å². The molecule has 0 bridgehead atoms. The summed E-state index contributed by atoms with van der Waals surface area (Å²) in [5.74, 6) is -1.06. The number of esters is 1. The summed E-state index contributed by atoms with van der Waals surface area (Å²) >= 11 is 5.77. The first-order valence-corrected chi connectivity index (χ1v) is 6.32. The summed E-state index contributed by atoms with van der Waals surface area (Å²) in [7, 11) is 0. The van der Waals surface area contributed by atoms with Gasteiger partial charge < -0.3 is 10.1 Å². The van der Waals surface area contributed by atoms with E-state index in [0.29, 0.717) is 11.6 Å². The van der Waals surface area contributed by atoms with E-state index in [2.05, 4.69) is 5.32 Å². The number of hydrogen-bond acceptors (Lipinski definition) is 3. The topological polar surface area (TPSA) is 55.4 Å². The monoisotopic (exact) mass is 281 g/mol. The number of rotatable bonds is 5. The molecule has 0 aliphatic heterocycles. The van der Waals surface area contributed by atoms with Crippen molar-refractivity contribution in [2.24, 2.45) is 0 Å². The van der Waals surface area contributed by atoms with Gasteiger partial charge in [0.1, 0.15) is 5.57 Å². The summed E-state index contributed by atoms with van der Waals surface area (Å²) in [5.41, 5.74) is 0.910. The summed E-state index contributed by atoms with van der Waals surface area (Å²) in [6.07, 6.45) is 1.44. The molecule has 0 aliphatic rings. The van der Waals surface area contributed by atoms with Gasteiger partial charge in [0.25, 0.3) is 5.91 Å². The van der Waals surface area contributed by atoms with Gasteiger partial charge in [-0.25, -0.2) is 4.79 Å². The summed E-state index contributed by atoms with van der Waals surface area (Å²) in [6, 6.07) is 7.10. The van der Waals surface area contributed by atoms with E-state index >= 15 is 0 Å². The molecule has 0 radical (unpaired) electrons. The van der Waals surface area contributed by atoms with Crippen LogP contribution >= 0.6 is 11.6 Å². The van der Waals surface area contributed by atoms with E-state index in [1.165, 1.54) is 6.08 Å². The highest BCUT2D eigenvalue weighted by molar-refractivity contribution is 6.30. The van der Waals surface area contributed by atoms with Crippen molar-refractivity contribution in [1.82, 2.24) is 5.32 Å². The van der Waals surface area contributed by atoms with Crippen LogP contribution in [-0.4, -0.2) is 18.5 Å². The molecule has 0 aliphatic carbocycles. The second-order valence-electron chi connectivity index (χ2n) is 3.73. The summed E-state index contributed by atoms with van der Waals surface area (Å²) in [4.78, 5) is 23.3. The molecule has 0 saturated carbocycles. The third kappa shape index (κ3) is 4.75. The molecule has 1 amide bonds. The summed E-state index contributed by atoms with van der Waals surface area (Å²) < 4.78 is 4.80. The molecule has 0 atom stereocenters. The third-order valence-electron chi connectivity index (χ3n) is 2.39. The van der Waals surface area contributed by atoms with Gasteiger partial charge in [0.15, 0.2) is 0 Å². The fourth-order valence-electron chi connectivity index (χ4n) is 1.43. The van der Waals surface area contributed by atoms with Crippen molar-refractivity contribution in [3.8, 4) is 0 Å². The first-order chi connectivity index (χ1) is 9.08. The van der Waals surface area contributed by atoms with Gasteiger partial charge >= 0.3 is 5.97 Å². The van der Waals surface area contributed by atoms with Crippen LogP contribution in [0.1, 0.15) is 19.4 Å². The summed E-state index contributed by atoms with van der Waals surface area (Å²) in [5, 5.41) is 3.29. The summed E-state index contributed by atoms with van der Waals surface area (Å²) in [6.45, 7) is 3.87. The molecule has 1 N–H and O–H groups in total. The van der Waals surface area contributed by atoms with E-state index in [4.69, 9.17) is 16.3 Å². The molecule has 19 heavy (non-hydrogen) atoms. The van der Waals surface area contributed by atoms with Crippen LogP contribution in [0.2, 0.25) is 5.02 Å². The molecule has 0 unspecified atom stereocenters. The second kappa shape index (κ2) is 7.59. The van der Waals surface area contributed by atoms with Gasteiger partial charge in [-0.1, -0.05) is 29.8 Å². The van der Waals surface area contributed by atoms with Gasteiger partial charge in [0.2, 0.25) is 0 Å². The van der Waals surface area contributed by atoms with Crippen LogP contribution in [0.3, 0.4) is 0 Å². The Morgan fingerprint density at radius 2 is 1.95 bits per heavy atom. The lowest BCUT2D eigenvalue weighted by Crippen LogP contribution is -2.29. The molecule has 102 valence electrons. The van der Waals surface area contributed by atoms with Gasteiger partial charge in [-0.05, 0) is 31.5 Å². The molecule has 1 rings (SSSR count). The number of hydrogen-bond donors (Lipinski definition) is 1. The van der Waals surface area contributed by atoms with Crippen LogP contribution in [0.15, 0.2) is 35.9 Å². The number of carbonyl (C=O) groups is 2. The minimum atomic E-state index is -0.612. The first kappa shape index (κ1) is 15.2. The zero-order valence-electron chi connectivity index (χ0n) is 10.9. The number of nitrogens with one attached hydrogen (secondary N) is 1. The molecule has 0 heterocycles. The Labute approximate surface area is 117 Å². The highest BCUT2D eigenvalue weighted by atomic mass is 35.5. The number of ether oxygens (including phenoxy) is 1. The van der Waals surface area contributed by atoms with E-state index < -0.39 is 11.9 Å². The standard InChI is InChI=1S/C14H16ClNO3/c1-3-12(14(18)19-4-2)13(17)16-9-10-5-7-11(15)8-6-10/h3,5-8H,4,9H2,1-2H3,(H,16,17)/b12-3+. The predicted molar refractivity (Wildman–Crippen MR) is 73.7 cm³/mol. The van der Waals surface area contributed by atoms with Gasteiger partial charge in [-0.3, -0.25) is 4.79 Å². The number of carbonyl (C=O) groups excluding carboxylic acids is 2. The number of halogens is 1. The van der Waals surface area contributed by atoms with Crippen molar-refractivity contribution in [2.75, 3.05) is 6.61 Å². The Balaban J connectivity index is 2.59. The molecular formula is C14H16ClNO3. The predicted octanol–water partition coefficient (Wildman–Crippen LogP) is 2.47. The Bertz CT molecular complexity index is 480. The Morgan fingerprint density at radius 3 is 2.47 bits per heavy atom. The van der Waals surface area contributed by atoms with E-state index in [0.717, 1.165) is 5.56 Å². The van der Waals surface area contributed by atoms with E-state index in [-0.39, 0.29) is 12.2 Å². The van der Waals surface area contributed by atoms with Gasteiger partial charge in [-0.2, -0.15) is 0 Å². The van der Waals surface area contributed by atoms with Crippen LogP contribution in [0.5, 0.6) is 0 Å². The SMILES string of the molecule is C/C=C(\C(=O)NCc1ccc(Cl)cc1)C(=O)OCC. The fourth-order valence-corrected chi connectivity index (χ4v) is 1.56. The minimum absolute atomic E-state index is 0.0100. The van der Waals surface area contributed by atoms with Crippen LogP contribution < -0.4 is 5.32 Å². The lowest BCUT2D eigenvalue weighted by atomic mass is 10.2. The first-order valence-electron chi connectivity index (χ1n) is 5.94. The zero-order valence-corrected chi connectivity index (χ0v) is 11.7. The quantitative estimate of drug-likeness (QED) is 0.390. The average molecular weight is 282 g/mol. The van der Waals surface area contributed by atoms with Crippen LogP contribution in [0.25, 0.3) is 0 Å². The maximum atomic E-state index is 11.8. The van der Waals surface area contributed by atoms with Gasteiger partial charge in [0, 0.05) is 11.6 Å². The molecular weight excluding hydrogens is 266 g/mol. The lowest BCUT2D eigenvalue weighted by Gasteiger charge is -2.08. The Morgan fingerprint density at radius 1 is 1.32 bits per heavy atom. The van der Waals surface area contributed by atoms with Crippen LogP contribution in [-0.2, 0) is 20.9 Å². The zero-order chi connectivity index (χ0) is 14.3. The Kier molecular flexibility index (Phi) is 6.09. The molecule has 1 aromatic carbocycles. The molecule has 4 nitrogen and oxygen atoms in total. The molecule has 0 saturated heterocycles. The van der Waals surface area contributed by atoms with Crippen molar-refractivity contribution < 1.29 is 14.3 Å². The maximum absolute atomic E-state index is 11.8. The minimum Gasteiger partial charge on any atom is -0.462 e. The Hall–Kier alpha value is -1.81. The van der Waals surface area contributed by atoms with Crippen molar-refractivity contribution in [3.05, 3.63) is 46.5 Å². The highest BCUT2D eigenvalue weighted by Gasteiger charge is 2.17. The normalized spacial score (nSPS) is 11.0. The molecule has 0 aromatic heterocycles. The van der Waals surface area contributed by atoms with Crippen molar-refractivity contribution in [2.45, 2.75) is 20.4 Å². The lowest BCUT2D eigenvalue weighted by molar-refractivity contribution is -0.140. The second-order valence-corrected chi connectivity index (χ2v) is 4.17. The van der Waals surface area contributed by atoms with E-state index in [1.807, 2.05) is 12.1 Å². The molecule has 5 heteroatoms. The molecule has 1 aromatic rings. The number of benzene rings is 1. The molecule has 0 fully saturated rings. The van der Waals surface area contributed by atoms with Gasteiger partial charge in [-0.15, -0.1) is 0 Å². The average Bonchev–Trinajstić information content (AvgIpc) is 2.39. The van der Waals surface area contributed by atoms with E-state index in [9.17, 15) is 9.59 Å². The van der Waals surface area contributed by atoms with Crippen LogP contribution in [0, 0.1) is 0 Å². The fraction of sp³-hybridized carbons (Fsp3) is 0.286. The third-order valence-corrected chi connectivity index (χ3v) is 2.65. The largest absolute Gasteiger partial charge is 0.462 e. The smallest absolute Gasteiger partial charge is 0.343 e. The number of amides is 1. The number of allylic oxidation sites excluding steroid dienone is 1.